The number of benzene rings is 8. The Labute approximate surface area is 264 Å². The highest BCUT2D eigenvalue weighted by Crippen LogP contribution is 2.50. The Hall–Kier alpha value is -5.46. The van der Waals surface area contributed by atoms with E-state index in [1.54, 1.807) is 0 Å². The molecule has 0 saturated carbocycles. The minimum atomic E-state index is -0.0607. The molecule has 1 aliphatic rings. The highest BCUT2D eigenvalue weighted by Gasteiger charge is 2.35. The van der Waals surface area contributed by atoms with Crippen molar-refractivity contribution in [2.45, 2.75) is 19.3 Å². The second kappa shape index (κ2) is 9.78. The van der Waals surface area contributed by atoms with Gasteiger partial charge in [-0.15, -0.1) is 0 Å². The van der Waals surface area contributed by atoms with Crippen LogP contribution < -0.4 is 0 Å². The van der Waals surface area contributed by atoms with Crippen LogP contribution in [0.25, 0.3) is 77.9 Å². The van der Waals surface area contributed by atoms with E-state index >= 15 is 0 Å². The van der Waals surface area contributed by atoms with E-state index in [1.807, 2.05) is 0 Å². The molecule has 0 amide bonds. The molecule has 0 bridgehead atoms. The molecule has 212 valence electrons. The molecule has 0 heterocycles. The number of fused-ring (bicyclic) bond motifs is 3. The van der Waals surface area contributed by atoms with Crippen molar-refractivity contribution < 1.29 is 0 Å². The first-order chi connectivity index (χ1) is 22.0. The summed E-state index contributed by atoms with van der Waals surface area (Å²) in [6.45, 7) is 4.73. The van der Waals surface area contributed by atoms with Crippen LogP contribution in [0.3, 0.4) is 0 Å². The summed E-state index contributed by atoms with van der Waals surface area (Å²) in [4.78, 5) is 0. The van der Waals surface area contributed by atoms with E-state index in [2.05, 4.69) is 172 Å². The Morgan fingerprint density at radius 1 is 0.422 bits per heavy atom. The summed E-state index contributed by atoms with van der Waals surface area (Å²) < 4.78 is 0. The van der Waals surface area contributed by atoms with Crippen LogP contribution in [0.2, 0.25) is 0 Å². The summed E-state index contributed by atoms with van der Waals surface area (Å²) >= 11 is 0. The normalized spacial score (nSPS) is 13.6. The quantitative estimate of drug-likeness (QED) is 0.145. The van der Waals surface area contributed by atoms with Crippen LogP contribution in [-0.2, 0) is 5.41 Å². The predicted octanol–water partition coefficient (Wildman–Crippen LogP) is 12.4. The van der Waals surface area contributed by atoms with E-state index in [4.69, 9.17) is 0 Å². The molecule has 0 spiro atoms. The molecular weight excluding hydrogens is 540 g/mol. The molecule has 9 rings (SSSR count). The molecule has 0 nitrogen and oxygen atoms in total. The first-order valence-electron chi connectivity index (χ1n) is 15.8. The highest BCUT2D eigenvalue weighted by molar-refractivity contribution is 6.24. The summed E-state index contributed by atoms with van der Waals surface area (Å²) in [6, 6.07) is 53.8. The maximum atomic E-state index is 2.41. The minimum Gasteiger partial charge on any atom is -0.0622 e. The fourth-order valence-corrected chi connectivity index (χ4v) is 7.60. The van der Waals surface area contributed by atoms with Crippen LogP contribution in [0, 0.1) is 0 Å². The first-order valence-corrected chi connectivity index (χ1v) is 15.8. The van der Waals surface area contributed by atoms with Crippen molar-refractivity contribution in [3.05, 3.63) is 168 Å². The lowest BCUT2D eigenvalue weighted by molar-refractivity contribution is 0.661. The highest BCUT2D eigenvalue weighted by atomic mass is 14.4. The van der Waals surface area contributed by atoms with Gasteiger partial charge in [0, 0.05) is 5.41 Å². The third-order valence-corrected chi connectivity index (χ3v) is 10.0. The second-order valence-corrected chi connectivity index (χ2v) is 13.0. The van der Waals surface area contributed by atoms with Crippen molar-refractivity contribution >= 4 is 44.5 Å². The van der Waals surface area contributed by atoms with Gasteiger partial charge in [0.2, 0.25) is 0 Å². The summed E-state index contributed by atoms with van der Waals surface area (Å²) in [6.07, 6.45) is 4.50. The van der Waals surface area contributed by atoms with Crippen molar-refractivity contribution in [1.29, 1.82) is 0 Å². The SMILES string of the molecule is CC1(C)c2cc(-c3ccccc3)ccc2-c2ccc(-c3ccc(/C=C/c4ccc5ccc6cccc7ccc4c5c67)cc3)cc21. The number of hydrogen-bond acceptors (Lipinski definition) is 0. The standard InChI is InChI=1S/C45H32/c1-45(2)41-27-36(30-7-4-3-5-8-30)22-25-39(41)40-26-23-37(28-42(40)45)31-14-11-29(12-15-31)13-16-32-17-18-35-20-19-33-9-6-10-34-21-24-38(32)44(35)43(33)34/h3-28H,1-2H3/b16-13+. The monoisotopic (exact) mass is 572 g/mol. The zero-order valence-electron chi connectivity index (χ0n) is 25.5. The summed E-state index contributed by atoms with van der Waals surface area (Å²) in [5.74, 6) is 0. The van der Waals surface area contributed by atoms with Gasteiger partial charge >= 0.3 is 0 Å². The molecule has 0 saturated heterocycles. The van der Waals surface area contributed by atoms with Gasteiger partial charge in [-0.3, -0.25) is 0 Å². The third-order valence-electron chi connectivity index (χ3n) is 10.0. The van der Waals surface area contributed by atoms with Crippen LogP contribution in [0.5, 0.6) is 0 Å². The van der Waals surface area contributed by atoms with E-state index in [1.165, 1.54) is 88.0 Å². The zero-order chi connectivity index (χ0) is 30.1. The van der Waals surface area contributed by atoms with Gasteiger partial charge in [-0.2, -0.15) is 0 Å². The van der Waals surface area contributed by atoms with Crippen LogP contribution in [-0.4, -0.2) is 0 Å². The minimum absolute atomic E-state index is 0.0607. The van der Waals surface area contributed by atoms with Crippen molar-refractivity contribution in [1.82, 2.24) is 0 Å². The van der Waals surface area contributed by atoms with Gasteiger partial charge in [-0.05, 0) is 100 Å². The van der Waals surface area contributed by atoms with Crippen molar-refractivity contribution in [2.24, 2.45) is 0 Å². The van der Waals surface area contributed by atoms with Crippen molar-refractivity contribution in [3.63, 3.8) is 0 Å². The Morgan fingerprint density at radius 2 is 0.978 bits per heavy atom. The second-order valence-electron chi connectivity index (χ2n) is 13.0. The fraction of sp³-hybridized carbons (Fsp3) is 0.0667. The molecule has 8 aromatic carbocycles. The van der Waals surface area contributed by atoms with Gasteiger partial charge in [0.25, 0.3) is 0 Å². The molecular formula is C45H32. The van der Waals surface area contributed by atoms with Gasteiger partial charge in [-0.25, -0.2) is 0 Å². The van der Waals surface area contributed by atoms with E-state index < -0.39 is 0 Å². The molecule has 45 heavy (non-hydrogen) atoms. The maximum Gasteiger partial charge on any atom is 0.0159 e. The molecule has 8 aromatic rings. The molecule has 0 aromatic heterocycles. The van der Waals surface area contributed by atoms with Gasteiger partial charge < -0.3 is 0 Å². The number of hydrogen-bond donors (Lipinski definition) is 0. The topological polar surface area (TPSA) is 0 Å². The van der Waals surface area contributed by atoms with E-state index in [0.29, 0.717) is 0 Å². The lowest BCUT2D eigenvalue weighted by Gasteiger charge is -2.22. The Morgan fingerprint density at radius 3 is 1.64 bits per heavy atom. The Balaban J connectivity index is 1.02. The van der Waals surface area contributed by atoms with Gasteiger partial charge in [0.05, 0.1) is 0 Å². The van der Waals surface area contributed by atoms with Crippen molar-refractivity contribution in [2.75, 3.05) is 0 Å². The third kappa shape index (κ3) is 4.06. The van der Waals surface area contributed by atoms with E-state index in [9.17, 15) is 0 Å². The van der Waals surface area contributed by atoms with Crippen LogP contribution >= 0.6 is 0 Å². The molecule has 0 N–H and O–H groups in total. The molecule has 0 aliphatic heterocycles. The summed E-state index contributed by atoms with van der Waals surface area (Å²) in [5.41, 5.74) is 13.0. The lowest BCUT2D eigenvalue weighted by Crippen LogP contribution is -2.15. The molecule has 0 heteroatoms. The zero-order valence-corrected chi connectivity index (χ0v) is 25.5. The van der Waals surface area contributed by atoms with Gasteiger partial charge in [-0.1, -0.05) is 159 Å². The lowest BCUT2D eigenvalue weighted by atomic mass is 9.81. The van der Waals surface area contributed by atoms with E-state index in [-0.39, 0.29) is 5.41 Å². The van der Waals surface area contributed by atoms with E-state index in [0.717, 1.165) is 0 Å². The Kier molecular flexibility index (Phi) is 5.64. The first kappa shape index (κ1) is 26.0. The smallest absolute Gasteiger partial charge is 0.0159 e. The summed E-state index contributed by atoms with van der Waals surface area (Å²) in [7, 11) is 0. The van der Waals surface area contributed by atoms with Crippen molar-refractivity contribution in [3.8, 4) is 33.4 Å². The molecule has 0 fully saturated rings. The Bertz CT molecular complexity index is 2410. The van der Waals surface area contributed by atoms with Gasteiger partial charge in [0.1, 0.15) is 0 Å². The van der Waals surface area contributed by atoms with Crippen LogP contribution in [0.1, 0.15) is 36.1 Å². The predicted molar refractivity (Wildman–Crippen MR) is 194 cm³/mol. The molecule has 0 radical (unpaired) electrons. The van der Waals surface area contributed by atoms with Gasteiger partial charge in [0.15, 0.2) is 0 Å². The molecule has 0 atom stereocenters. The average molecular weight is 573 g/mol. The van der Waals surface area contributed by atoms with Crippen LogP contribution in [0.4, 0.5) is 0 Å². The fourth-order valence-electron chi connectivity index (χ4n) is 7.60. The largest absolute Gasteiger partial charge is 0.0622 e. The average Bonchev–Trinajstić information content (AvgIpc) is 3.32. The molecule has 1 aliphatic carbocycles. The summed E-state index contributed by atoms with van der Waals surface area (Å²) in [5, 5.41) is 7.94. The van der Waals surface area contributed by atoms with Crippen LogP contribution in [0.15, 0.2) is 146 Å². The number of rotatable bonds is 4. The maximum absolute atomic E-state index is 2.41. The molecule has 0 unspecified atom stereocenters.